The summed E-state index contributed by atoms with van der Waals surface area (Å²) in [5, 5.41) is 8.93. The molecule has 0 bridgehead atoms. The number of methoxy groups -OCH3 is 2. The molecule has 1 saturated heterocycles. The Kier molecular flexibility index (Phi) is 9.69. The van der Waals surface area contributed by atoms with Crippen LogP contribution in [0.15, 0.2) is 84.9 Å². The average molecular weight is 598 g/mol. The third-order valence-corrected chi connectivity index (χ3v) is 7.90. The molecule has 2 heterocycles. The molecule has 0 radical (unpaired) electrons. The quantitative estimate of drug-likeness (QED) is 0.261. The number of anilines is 1. The van der Waals surface area contributed by atoms with Crippen LogP contribution in [-0.4, -0.2) is 78.8 Å². The first-order valence-electron chi connectivity index (χ1n) is 14.6. The minimum Gasteiger partial charge on any atom is -0.497 e. The fourth-order valence-corrected chi connectivity index (χ4v) is 5.37. The Hall–Kier alpha value is -4.99. The van der Waals surface area contributed by atoms with Crippen molar-refractivity contribution < 1.29 is 23.5 Å². The van der Waals surface area contributed by atoms with Gasteiger partial charge in [0, 0.05) is 43.4 Å². The smallest absolute Gasteiger partial charge is 0.254 e. The van der Waals surface area contributed by atoms with Crippen molar-refractivity contribution in [2.45, 2.75) is 19.4 Å². The van der Waals surface area contributed by atoms with Gasteiger partial charge in [0.15, 0.2) is 5.82 Å². The number of aromatic nitrogens is 2. The Balaban J connectivity index is 1.28. The topological polar surface area (TPSA) is 88.1 Å². The second kappa shape index (κ2) is 14.0. The van der Waals surface area contributed by atoms with Crippen LogP contribution < -0.4 is 14.4 Å². The highest BCUT2D eigenvalue weighted by Gasteiger charge is 2.28. The molecule has 1 aromatic heterocycles. The standard InChI is InChI=1S/C34H36FN5O4/c1-24(25-9-5-4-6-10-25)40(34(42)26-11-7-12-27(35)21-26)23-33(41)39-18-8-17-38(19-20-39)32-16-15-30(36-37-32)29-14-13-28(43-2)22-31(29)44-3/h4-7,9-16,21-22,24H,8,17-20,23H2,1-3H3/t24-/m1/s1. The van der Waals surface area contributed by atoms with Crippen LogP contribution in [0.5, 0.6) is 11.5 Å². The minimum atomic E-state index is -0.499. The predicted octanol–water partition coefficient (Wildman–Crippen LogP) is 5.24. The summed E-state index contributed by atoms with van der Waals surface area (Å²) in [7, 11) is 3.20. The summed E-state index contributed by atoms with van der Waals surface area (Å²) >= 11 is 0. The predicted molar refractivity (Wildman–Crippen MR) is 166 cm³/mol. The lowest BCUT2D eigenvalue weighted by Crippen LogP contribution is -2.45. The SMILES string of the molecule is COc1ccc(-c2ccc(N3CCCN(C(=O)CN(C(=O)c4cccc(F)c4)[C@H](C)c4ccccc4)CC3)nn2)c(OC)c1. The largest absolute Gasteiger partial charge is 0.497 e. The highest BCUT2D eigenvalue weighted by atomic mass is 19.1. The van der Waals surface area contributed by atoms with Crippen molar-refractivity contribution in [2.75, 3.05) is 51.8 Å². The van der Waals surface area contributed by atoms with Gasteiger partial charge in [0.2, 0.25) is 5.91 Å². The summed E-state index contributed by atoms with van der Waals surface area (Å²) in [5.41, 5.74) is 2.58. The number of carbonyl (C=O) groups excluding carboxylic acids is 2. The van der Waals surface area contributed by atoms with E-state index in [1.807, 2.05) is 61.5 Å². The first-order valence-corrected chi connectivity index (χ1v) is 14.6. The van der Waals surface area contributed by atoms with E-state index in [2.05, 4.69) is 15.1 Å². The molecule has 1 fully saturated rings. The van der Waals surface area contributed by atoms with Gasteiger partial charge in [-0.05, 0) is 61.4 Å². The number of ether oxygens (including phenoxy) is 2. The molecule has 9 nitrogen and oxygen atoms in total. The summed E-state index contributed by atoms with van der Waals surface area (Å²) in [4.78, 5) is 32.6. The van der Waals surface area contributed by atoms with E-state index in [1.165, 1.54) is 23.1 Å². The lowest BCUT2D eigenvalue weighted by Gasteiger charge is -2.32. The molecule has 4 aromatic rings. The van der Waals surface area contributed by atoms with Gasteiger partial charge in [-0.25, -0.2) is 4.39 Å². The Labute approximate surface area is 256 Å². The van der Waals surface area contributed by atoms with E-state index in [0.29, 0.717) is 43.4 Å². The molecular weight excluding hydrogens is 561 g/mol. The zero-order valence-electron chi connectivity index (χ0n) is 25.1. The monoisotopic (exact) mass is 597 g/mol. The second-order valence-electron chi connectivity index (χ2n) is 10.6. The summed E-state index contributed by atoms with van der Waals surface area (Å²) in [6.07, 6.45) is 0.730. The van der Waals surface area contributed by atoms with Crippen molar-refractivity contribution in [3.05, 3.63) is 102 Å². The molecule has 0 N–H and O–H groups in total. The summed E-state index contributed by atoms with van der Waals surface area (Å²) in [6, 6.07) is 24.1. The number of benzene rings is 3. The van der Waals surface area contributed by atoms with Gasteiger partial charge < -0.3 is 24.2 Å². The molecular formula is C34H36FN5O4. The molecule has 5 rings (SSSR count). The molecule has 1 atom stereocenters. The van der Waals surface area contributed by atoms with E-state index in [4.69, 9.17) is 9.47 Å². The number of amides is 2. The van der Waals surface area contributed by atoms with Crippen molar-refractivity contribution in [1.82, 2.24) is 20.0 Å². The van der Waals surface area contributed by atoms with E-state index in [-0.39, 0.29) is 18.0 Å². The third-order valence-electron chi connectivity index (χ3n) is 7.90. The minimum absolute atomic E-state index is 0.121. The summed E-state index contributed by atoms with van der Waals surface area (Å²) in [6.45, 7) is 4.05. The maximum Gasteiger partial charge on any atom is 0.254 e. The number of hydrogen-bond acceptors (Lipinski definition) is 7. The molecule has 1 aliphatic rings. The van der Waals surface area contributed by atoms with Gasteiger partial charge in [-0.2, -0.15) is 0 Å². The molecule has 0 aliphatic carbocycles. The molecule has 3 aromatic carbocycles. The first-order chi connectivity index (χ1) is 21.4. The number of rotatable bonds is 9. The van der Waals surface area contributed by atoms with Crippen LogP contribution in [0.2, 0.25) is 0 Å². The van der Waals surface area contributed by atoms with Gasteiger partial charge in [-0.15, -0.1) is 10.2 Å². The van der Waals surface area contributed by atoms with Crippen LogP contribution in [-0.2, 0) is 4.79 Å². The highest BCUT2D eigenvalue weighted by Crippen LogP contribution is 2.32. The summed E-state index contributed by atoms with van der Waals surface area (Å²) < 4.78 is 24.8. The highest BCUT2D eigenvalue weighted by molar-refractivity contribution is 5.96. The van der Waals surface area contributed by atoms with Gasteiger partial charge in [-0.3, -0.25) is 9.59 Å². The maximum absolute atomic E-state index is 14.0. The molecule has 0 saturated carbocycles. The van der Waals surface area contributed by atoms with Gasteiger partial charge in [-0.1, -0.05) is 36.4 Å². The maximum atomic E-state index is 14.0. The van der Waals surface area contributed by atoms with E-state index < -0.39 is 17.8 Å². The average Bonchev–Trinajstić information content (AvgIpc) is 3.33. The van der Waals surface area contributed by atoms with Crippen LogP contribution >= 0.6 is 0 Å². The van der Waals surface area contributed by atoms with Crippen LogP contribution in [0.1, 0.15) is 35.3 Å². The Morgan fingerprint density at radius 2 is 1.70 bits per heavy atom. The van der Waals surface area contributed by atoms with Crippen molar-refractivity contribution in [3.63, 3.8) is 0 Å². The number of hydrogen-bond donors (Lipinski definition) is 0. The third kappa shape index (κ3) is 6.96. The van der Waals surface area contributed by atoms with Gasteiger partial charge >= 0.3 is 0 Å². The Morgan fingerprint density at radius 3 is 2.41 bits per heavy atom. The van der Waals surface area contributed by atoms with Crippen LogP contribution in [0.3, 0.4) is 0 Å². The second-order valence-corrected chi connectivity index (χ2v) is 10.6. The molecule has 2 amide bonds. The molecule has 1 aliphatic heterocycles. The number of halogens is 1. The molecule has 10 heteroatoms. The van der Waals surface area contributed by atoms with Crippen molar-refractivity contribution in [3.8, 4) is 22.8 Å². The van der Waals surface area contributed by atoms with Gasteiger partial charge in [0.05, 0.1) is 26.0 Å². The summed E-state index contributed by atoms with van der Waals surface area (Å²) in [5.74, 6) is 0.996. The van der Waals surface area contributed by atoms with Crippen molar-refractivity contribution >= 4 is 17.6 Å². The van der Waals surface area contributed by atoms with Crippen molar-refractivity contribution in [1.29, 1.82) is 0 Å². The lowest BCUT2D eigenvalue weighted by atomic mass is 10.1. The Morgan fingerprint density at radius 1 is 0.886 bits per heavy atom. The van der Waals surface area contributed by atoms with Crippen LogP contribution in [0, 0.1) is 5.82 Å². The van der Waals surface area contributed by atoms with Crippen molar-refractivity contribution in [2.24, 2.45) is 0 Å². The fourth-order valence-electron chi connectivity index (χ4n) is 5.37. The molecule has 0 spiro atoms. The van der Waals surface area contributed by atoms with E-state index >= 15 is 0 Å². The van der Waals surface area contributed by atoms with Gasteiger partial charge in [0.25, 0.3) is 5.91 Å². The molecule has 228 valence electrons. The van der Waals surface area contributed by atoms with Crippen LogP contribution in [0.25, 0.3) is 11.3 Å². The van der Waals surface area contributed by atoms with E-state index in [1.54, 1.807) is 31.3 Å². The zero-order valence-corrected chi connectivity index (χ0v) is 25.1. The Bertz CT molecular complexity index is 1580. The molecule has 44 heavy (non-hydrogen) atoms. The van der Waals surface area contributed by atoms with Crippen LogP contribution in [0.4, 0.5) is 10.2 Å². The van der Waals surface area contributed by atoms with Gasteiger partial charge in [0.1, 0.15) is 23.9 Å². The first kappa shape index (κ1) is 30.5. The van der Waals surface area contributed by atoms with E-state index in [0.717, 1.165) is 23.4 Å². The number of carbonyl (C=O) groups is 2. The zero-order chi connectivity index (χ0) is 31.1. The molecule has 0 unspecified atom stereocenters. The fraction of sp³-hybridized carbons (Fsp3) is 0.294. The number of nitrogens with zero attached hydrogens (tertiary/aromatic N) is 5. The lowest BCUT2D eigenvalue weighted by molar-refractivity contribution is -0.132. The van der Waals surface area contributed by atoms with E-state index in [9.17, 15) is 14.0 Å². The normalized spacial score (nSPS) is 14.0.